The van der Waals surface area contributed by atoms with E-state index >= 15 is 0 Å². The first-order valence-corrected chi connectivity index (χ1v) is 8.49. The number of carbonyl (C=O) groups excluding carboxylic acids is 1. The van der Waals surface area contributed by atoms with E-state index in [1.807, 2.05) is 4.90 Å². The van der Waals surface area contributed by atoms with Gasteiger partial charge in [-0.3, -0.25) is 9.69 Å². The fourth-order valence-electron chi connectivity index (χ4n) is 3.50. The highest BCUT2D eigenvalue weighted by molar-refractivity contribution is 5.74. The molecule has 1 aromatic carbocycles. The molecule has 126 valence electrons. The molecule has 2 fully saturated rings. The molecule has 0 bridgehead atoms. The van der Waals surface area contributed by atoms with Crippen molar-refractivity contribution in [1.29, 1.82) is 0 Å². The van der Waals surface area contributed by atoms with Gasteiger partial charge in [0.2, 0.25) is 5.91 Å². The Bertz CT molecular complexity index is 544. The molecule has 4 nitrogen and oxygen atoms in total. The molecule has 0 aromatic heterocycles. The standard InChI is InChI=1S/C18H25FN2O2/c1-13(22)21(16-8-9-16)11-17-3-2-10-20(17)12-18(23)14-4-6-15(19)7-5-14/h4-7,16-18,23H,2-3,8-12H2,1H3/t17-,18+/m1/s1. The van der Waals surface area contributed by atoms with Crippen LogP contribution in [0.25, 0.3) is 0 Å². The van der Waals surface area contributed by atoms with Crippen LogP contribution >= 0.6 is 0 Å². The van der Waals surface area contributed by atoms with E-state index in [1.165, 1.54) is 12.1 Å². The number of hydrogen-bond acceptors (Lipinski definition) is 3. The highest BCUT2D eigenvalue weighted by Gasteiger charge is 2.35. The molecule has 0 spiro atoms. The Kier molecular flexibility index (Phi) is 4.97. The van der Waals surface area contributed by atoms with Gasteiger partial charge in [0.25, 0.3) is 0 Å². The third-order valence-electron chi connectivity index (χ3n) is 4.96. The number of aliphatic hydroxyl groups is 1. The zero-order valence-electron chi connectivity index (χ0n) is 13.6. The molecule has 1 heterocycles. The van der Waals surface area contributed by atoms with Crippen LogP contribution in [-0.4, -0.2) is 52.5 Å². The number of halogens is 1. The first-order chi connectivity index (χ1) is 11.0. The SMILES string of the molecule is CC(=O)N(C[C@H]1CCCN1C[C@H](O)c1ccc(F)cc1)C1CC1. The fourth-order valence-corrected chi connectivity index (χ4v) is 3.50. The predicted molar refractivity (Wildman–Crippen MR) is 86.4 cm³/mol. The minimum Gasteiger partial charge on any atom is -0.387 e. The largest absolute Gasteiger partial charge is 0.387 e. The maximum absolute atomic E-state index is 13.0. The van der Waals surface area contributed by atoms with E-state index in [1.54, 1.807) is 19.1 Å². The second-order valence-electron chi connectivity index (χ2n) is 6.76. The number of likely N-dealkylation sites (tertiary alicyclic amines) is 1. The number of nitrogens with zero attached hydrogens (tertiary/aromatic N) is 2. The molecule has 23 heavy (non-hydrogen) atoms. The van der Waals surface area contributed by atoms with Crippen LogP contribution in [0.15, 0.2) is 24.3 Å². The van der Waals surface area contributed by atoms with E-state index in [4.69, 9.17) is 0 Å². The van der Waals surface area contributed by atoms with Crippen molar-refractivity contribution in [3.05, 3.63) is 35.6 Å². The van der Waals surface area contributed by atoms with Crippen LogP contribution in [0.2, 0.25) is 0 Å². The Morgan fingerprint density at radius 3 is 2.65 bits per heavy atom. The molecule has 2 atom stereocenters. The fraction of sp³-hybridized carbons (Fsp3) is 0.611. The van der Waals surface area contributed by atoms with Crippen LogP contribution in [0.1, 0.15) is 44.3 Å². The molecule has 1 aliphatic heterocycles. The van der Waals surface area contributed by atoms with Gasteiger partial charge in [-0.05, 0) is 49.9 Å². The quantitative estimate of drug-likeness (QED) is 0.875. The van der Waals surface area contributed by atoms with Gasteiger partial charge in [0.05, 0.1) is 6.10 Å². The smallest absolute Gasteiger partial charge is 0.219 e. The summed E-state index contributed by atoms with van der Waals surface area (Å²) in [6.45, 7) is 3.88. The van der Waals surface area contributed by atoms with E-state index in [0.717, 1.165) is 44.3 Å². The summed E-state index contributed by atoms with van der Waals surface area (Å²) < 4.78 is 13.0. The van der Waals surface area contributed by atoms with Gasteiger partial charge in [-0.2, -0.15) is 0 Å². The van der Waals surface area contributed by atoms with Crippen molar-refractivity contribution in [1.82, 2.24) is 9.80 Å². The normalized spacial score (nSPS) is 23.0. The van der Waals surface area contributed by atoms with Crippen molar-refractivity contribution in [2.45, 2.75) is 50.8 Å². The summed E-state index contributed by atoms with van der Waals surface area (Å²) in [6, 6.07) is 6.77. The lowest BCUT2D eigenvalue weighted by molar-refractivity contribution is -0.130. The van der Waals surface area contributed by atoms with Crippen LogP contribution in [0.3, 0.4) is 0 Å². The Balaban J connectivity index is 1.59. The predicted octanol–water partition coefficient (Wildman–Crippen LogP) is 2.33. The Morgan fingerprint density at radius 2 is 2.04 bits per heavy atom. The van der Waals surface area contributed by atoms with E-state index in [0.29, 0.717) is 18.6 Å². The summed E-state index contributed by atoms with van der Waals surface area (Å²) in [5, 5.41) is 10.4. The summed E-state index contributed by atoms with van der Waals surface area (Å²) >= 11 is 0. The van der Waals surface area contributed by atoms with Crippen molar-refractivity contribution in [3.8, 4) is 0 Å². The second-order valence-corrected chi connectivity index (χ2v) is 6.76. The third-order valence-corrected chi connectivity index (χ3v) is 4.96. The monoisotopic (exact) mass is 320 g/mol. The van der Waals surface area contributed by atoms with Gasteiger partial charge in [-0.15, -0.1) is 0 Å². The minimum atomic E-state index is -0.622. The molecular formula is C18H25FN2O2. The van der Waals surface area contributed by atoms with Crippen LogP contribution in [-0.2, 0) is 4.79 Å². The van der Waals surface area contributed by atoms with Gasteiger partial charge < -0.3 is 10.0 Å². The maximum Gasteiger partial charge on any atom is 0.219 e. The van der Waals surface area contributed by atoms with E-state index < -0.39 is 6.10 Å². The molecule has 5 heteroatoms. The summed E-state index contributed by atoms with van der Waals surface area (Å²) in [5.41, 5.74) is 0.739. The third kappa shape index (κ3) is 4.09. The minimum absolute atomic E-state index is 0.151. The van der Waals surface area contributed by atoms with Crippen LogP contribution in [0.5, 0.6) is 0 Å². The van der Waals surface area contributed by atoms with Gasteiger partial charge in [-0.25, -0.2) is 4.39 Å². The zero-order valence-corrected chi connectivity index (χ0v) is 13.6. The maximum atomic E-state index is 13.0. The van der Waals surface area contributed by atoms with E-state index in [9.17, 15) is 14.3 Å². The molecule has 3 rings (SSSR count). The number of rotatable bonds is 6. The van der Waals surface area contributed by atoms with Crippen molar-refractivity contribution in [2.75, 3.05) is 19.6 Å². The second kappa shape index (κ2) is 6.97. The van der Waals surface area contributed by atoms with Gasteiger partial charge in [0.15, 0.2) is 0 Å². The lowest BCUT2D eigenvalue weighted by atomic mass is 10.1. The van der Waals surface area contributed by atoms with Crippen molar-refractivity contribution >= 4 is 5.91 Å². The van der Waals surface area contributed by atoms with Crippen molar-refractivity contribution in [2.24, 2.45) is 0 Å². The van der Waals surface area contributed by atoms with Crippen LogP contribution in [0, 0.1) is 5.82 Å². The number of hydrogen-bond donors (Lipinski definition) is 1. The molecule has 1 saturated heterocycles. The van der Waals surface area contributed by atoms with Crippen LogP contribution < -0.4 is 0 Å². The average molecular weight is 320 g/mol. The average Bonchev–Trinajstić information content (AvgIpc) is 3.26. The molecule has 1 saturated carbocycles. The lowest BCUT2D eigenvalue weighted by Gasteiger charge is -2.31. The Labute approximate surface area is 136 Å². The first-order valence-electron chi connectivity index (χ1n) is 8.49. The van der Waals surface area contributed by atoms with E-state index in [-0.39, 0.29) is 11.7 Å². The summed E-state index contributed by atoms with van der Waals surface area (Å²) in [7, 11) is 0. The van der Waals surface area contributed by atoms with Gasteiger partial charge in [0, 0.05) is 32.1 Å². The lowest BCUT2D eigenvalue weighted by Crippen LogP contribution is -2.44. The molecule has 0 radical (unpaired) electrons. The number of β-amino-alcohol motifs (C(OH)–C–C–N with tert-alkyl or cyclic N) is 1. The van der Waals surface area contributed by atoms with Gasteiger partial charge in [0.1, 0.15) is 5.82 Å². The molecule has 1 amide bonds. The molecule has 0 unspecified atom stereocenters. The molecule has 1 aliphatic carbocycles. The molecule has 1 N–H and O–H groups in total. The van der Waals surface area contributed by atoms with Crippen molar-refractivity contribution < 1.29 is 14.3 Å². The van der Waals surface area contributed by atoms with E-state index in [2.05, 4.69) is 4.90 Å². The Hall–Kier alpha value is -1.46. The Morgan fingerprint density at radius 1 is 1.35 bits per heavy atom. The highest BCUT2D eigenvalue weighted by Crippen LogP contribution is 2.30. The molecular weight excluding hydrogens is 295 g/mol. The zero-order chi connectivity index (χ0) is 16.4. The van der Waals surface area contributed by atoms with Gasteiger partial charge >= 0.3 is 0 Å². The summed E-state index contributed by atoms with van der Waals surface area (Å²) in [4.78, 5) is 16.1. The topological polar surface area (TPSA) is 43.8 Å². The summed E-state index contributed by atoms with van der Waals surface area (Å²) in [6.07, 6.45) is 3.77. The number of carbonyl (C=O) groups is 1. The van der Waals surface area contributed by atoms with Gasteiger partial charge in [-0.1, -0.05) is 12.1 Å². The highest BCUT2D eigenvalue weighted by atomic mass is 19.1. The van der Waals surface area contributed by atoms with Crippen LogP contribution in [0.4, 0.5) is 4.39 Å². The molecule has 2 aliphatic rings. The summed E-state index contributed by atoms with van der Waals surface area (Å²) in [5.74, 6) is -0.139. The first kappa shape index (κ1) is 16.4. The molecule has 1 aromatic rings. The number of amides is 1. The number of aliphatic hydroxyl groups excluding tert-OH is 1. The van der Waals surface area contributed by atoms with Crippen molar-refractivity contribution in [3.63, 3.8) is 0 Å². The number of benzene rings is 1.